The van der Waals surface area contributed by atoms with Crippen LogP contribution < -0.4 is 9.80 Å². The van der Waals surface area contributed by atoms with E-state index in [0.717, 1.165) is 52.2 Å². The van der Waals surface area contributed by atoms with Crippen molar-refractivity contribution < 1.29 is 0 Å². The molecule has 0 radical (unpaired) electrons. The number of hydrogen-bond donors (Lipinski definition) is 0. The smallest absolute Gasteiger partial charge is 0.0991 e. The maximum atomic E-state index is 9.54. The number of hydrogen-bond acceptors (Lipinski definition) is 4. The van der Waals surface area contributed by atoms with Gasteiger partial charge in [-0.2, -0.15) is 10.5 Å². The summed E-state index contributed by atoms with van der Waals surface area (Å²) in [5, 5.41) is 26.2. The first-order chi connectivity index (χ1) is 23.5. The van der Waals surface area contributed by atoms with E-state index in [1.165, 1.54) is 43.8 Å². The number of nitrogens with zero attached hydrogens (tertiary/aromatic N) is 4. The molecule has 4 heteroatoms. The Bertz CT molecular complexity index is 2470. The zero-order valence-electron chi connectivity index (χ0n) is 26.9. The summed E-state index contributed by atoms with van der Waals surface area (Å²) in [4.78, 5) is 4.66. The molecule has 1 aliphatic carbocycles. The Morgan fingerprint density at radius 1 is 0.479 bits per heavy atom. The molecule has 7 aromatic rings. The van der Waals surface area contributed by atoms with Crippen LogP contribution in [0.2, 0.25) is 0 Å². The second kappa shape index (κ2) is 11.8. The van der Waals surface area contributed by atoms with Crippen LogP contribution in [0.3, 0.4) is 0 Å². The zero-order chi connectivity index (χ0) is 32.8. The highest BCUT2D eigenvalue weighted by atomic mass is 15.2. The summed E-state index contributed by atoms with van der Waals surface area (Å²) >= 11 is 0. The predicted octanol–water partition coefficient (Wildman–Crippen LogP) is 11.8. The van der Waals surface area contributed by atoms with E-state index in [0.29, 0.717) is 5.56 Å². The normalized spacial score (nSPS) is 12.8. The Morgan fingerprint density at radius 3 is 1.44 bits per heavy atom. The van der Waals surface area contributed by atoms with Gasteiger partial charge in [0.25, 0.3) is 0 Å². The molecule has 0 aliphatic heterocycles. The minimum atomic E-state index is 0.635. The number of anilines is 5. The third kappa shape index (κ3) is 4.92. The molecule has 0 amide bonds. The van der Waals surface area contributed by atoms with Crippen molar-refractivity contribution in [3.05, 3.63) is 161 Å². The molecular weight excluding hydrogens is 585 g/mol. The van der Waals surface area contributed by atoms with Crippen molar-refractivity contribution in [1.29, 1.82) is 10.5 Å². The molecule has 0 saturated heterocycles. The summed E-state index contributed by atoms with van der Waals surface area (Å²) < 4.78 is 0. The zero-order valence-corrected chi connectivity index (χ0v) is 26.9. The highest BCUT2D eigenvalue weighted by Crippen LogP contribution is 2.47. The van der Waals surface area contributed by atoms with Crippen LogP contribution in [-0.4, -0.2) is 0 Å². The van der Waals surface area contributed by atoms with Gasteiger partial charge in [-0.3, -0.25) is 0 Å². The second-order valence-electron chi connectivity index (χ2n) is 12.6. The van der Waals surface area contributed by atoms with Gasteiger partial charge in [0.2, 0.25) is 0 Å². The van der Waals surface area contributed by atoms with E-state index in [1.54, 1.807) is 0 Å². The van der Waals surface area contributed by atoms with Crippen LogP contribution >= 0.6 is 0 Å². The average molecular weight is 617 g/mol. The van der Waals surface area contributed by atoms with E-state index >= 15 is 0 Å². The summed E-state index contributed by atoms with van der Waals surface area (Å²) in [7, 11) is 0. The van der Waals surface area contributed by atoms with E-state index < -0.39 is 0 Å². The summed E-state index contributed by atoms with van der Waals surface area (Å²) in [5.74, 6) is 0. The lowest BCUT2D eigenvalue weighted by Gasteiger charge is -2.31. The highest BCUT2D eigenvalue weighted by Gasteiger charge is 2.23. The van der Waals surface area contributed by atoms with Crippen LogP contribution in [0.1, 0.15) is 29.5 Å². The minimum absolute atomic E-state index is 0.635. The fourth-order valence-corrected chi connectivity index (χ4v) is 7.03. The molecule has 0 atom stereocenters. The van der Waals surface area contributed by atoms with Crippen LogP contribution in [0.4, 0.5) is 28.4 Å². The summed E-state index contributed by atoms with van der Waals surface area (Å²) in [5.41, 5.74) is 10.4. The molecule has 0 saturated carbocycles. The van der Waals surface area contributed by atoms with Crippen LogP contribution in [0.25, 0.3) is 32.3 Å². The number of allylic oxidation sites excluding steroid dienone is 4. The first-order valence-electron chi connectivity index (χ1n) is 16.3. The molecule has 0 unspecified atom stereocenters. The van der Waals surface area contributed by atoms with Gasteiger partial charge in [-0.05, 0) is 121 Å². The molecule has 0 N–H and O–H groups in total. The van der Waals surface area contributed by atoms with Crippen LogP contribution in [0.15, 0.2) is 145 Å². The number of nitriles is 2. The van der Waals surface area contributed by atoms with E-state index in [2.05, 4.69) is 139 Å². The van der Waals surface area contributed by atoms with E-state index in [-0.39, 0.29) is 0 Å². The third-order valence-corrected chi connectivity index (χ3v) is 9.50. The quantitative estimate of drug-likeness (QED) is 0.174. The second-order valence-corrected chi connectivity index (χ2v) is 12.6. The molecule has 8 rings (SSSR count). The van der Waals surface area contributed by atoms with Gasteiger partial charge in [0.1, 0.15) is 0 Å². The average Bonchev–Trinajstić information content (AvgIpc) is 3.14. The fraction of sp³-hybridized carbons (Fsp3) is 0.0909. The molecule has 0 aromatic heterocycles. The van der Waals surface area contributed by atoms with Gasteiger partial charge < -0.3 is 9.80 Å². The van der Waals surface area contributed by atoms with Gasteiger partial charge in [-0.25, -0.2) is 0 Å². The SMILES string of the molecule is Cc1ccc(N(C2=CC=C(C#N)CC2)c2ccc3ccc4c(N(c5ccc(C)cc5)c5ccc(C#N)cc5)ccc5ccc2c3c54)cc1. The molecule has 0 fully saturated rings. The highest BCUT2D eigenvalue weighted by molar-refractivity contribution is 6.28. The van der Waals surface area contributed by atoms with Gasteiger partial charge in [0, 0.05) is 39.1 Å². The molecule has 7 aromatic carbocycles. The lowest BCUT2D eigenvalue weighted by Crippen LogP contribution is -2.18. The molecule has 228 valence electrons. The van der Waals surface area contributed by atoms with Gasteiger partial charge in [-0.1, -0.05) is 71.8 Å². The standard InChI is InChI=1S/C44H32N4/c1-29-3-15-35(16-4-29)47(37-19-7-31(27-45)8-20-37)41-25-13-33-12-24-40-42(26-14-34-11-23-39(41)43(33)44(34)40)48(36-17-5-30(2)6-18-36)38-21-9-32(28-46)10-22-38/h3-9,11-21,23-26H,10,22H2,1-2H3. The van der Waals surface area contributed by atoms with E-state index in [1.807, 2.05) is 30.3 Å². The van der Waals surface area contributed by atoms with Crippen LogP contribution in [-0.2, 0) is 0 Å². The monoisotopic (exact) mass is 616 g/mol. The topological polar surface area (TPSA) is 54.1 Å². The Morgan fingerprint density at radius 2 is 0.958 bits per heavy atom. The van der Waals surface area contributed by atoms with Crippen molar-refractivity contribution in [3.63, 3.8) is 0 Å². The van der Waals surface area contributed by atoms with Gasteiger partial charge in [-0.15, -0.1) is 0 Å². The Labute approximate surface area is 280 Å². The first-order valence-corrected chi connectivity index (χ1v) is 16.3. The van der Waals surface area contributed by atoms with Crippen molar-refractivity contribution in [2.24, 2.45) is 0 Å². The molecule has 48 heavy (non-hydrogen) atoms. The largest absolute Gasteiger partial charge is 0.314 e. The molecule has 1 aliphatic rings. The van der Waals surface area contributed by atoms with Crippen molar-refractivity contribution in [2.45, 2.75) is 26.7 Å². The molecular formula is C44H32N4. The minimum Gasteiger partial charge on any atom is -0.314 e. The summed E-state index contributed by atoms with van der Waals surface area (Å²) in [6.45, 7) is 4.22. The predicted molar refractivity (Wildman–Crippen MR) is 199 cm³/mol. The Balaban J connectivity index is 1.38. The maximum Gasteiger partial charge on any atom is 0.0991 e. The third-order valence-electron chi connectivity index (χ3n) is 9.50. The number of benzene rings is 7. The van der Waals surface area contributed by atoms with Crippen LogP contribution in [0, 0.1) is 36.5 Å². The van der Waals surface area contributed by atoms with E-state index in [4.69, 9.17) is 0 Å². The Kier molecular flexibility index (Phi) is 7.13. The van der Waals surface area contributed by atoms with Crippen molar-refractivity contribution >= 4 is 60.8 Å². The first kappa shape index (κ1) is 29.1. The van der Waals surface area contributed by atoms with E-state index in [9.17, 15) is 10.5 Å². The fourth-order valence-electron chi connectivity index (χ4n) is 7.03. The lowest BCUT2D eigenvalue weighted by atomic mass is 9.91. The Hall–Kier alpha value is -6.36. The van der Waals surface area contributed by atoms with Crippen molar-refractivity contribution in [2.75, 3.05) is 9.80 Å². The number of aryl methyl sites for hydroxylation is 2. The molecule has 0 bridgehead atoms. The lowest BCUT2D eigenvalue weighted by molar-refractivity contribution is 0.895. The van der Waals surface area contributed by atoms with Gasteiger partial charge in [0.05, 0.1) is 29.1 Å². The maximum absolute atomic E-state index is 9.54. The number of rotatable bonds is 6. The van der Waals surface area contributed by atoms with Gasteiger partial charge in [0.15, 0.2) is 0 Å². The van der Waals surface area contributed by atoms with Crippen molar-refractivity contribution in [3.8, 4) is 12.1 Å². The van der Waals surface area contributed by atoms with Crippen LogP contribution in [0.5, 0.6) is 0 Å². The van der Waals surface area contributed by atoms with Crippen molar-refractivity contribution in [1.82, 2.24) is 0 Å². The molecule has 4 nitrogen and oxygen atoms in total. The molecule has 0 heterocycles. The van der Waals surface area contributed by atoms with Gasteiger partial charge >= 0.3 is 0 Å². The summed E-state index contributed by atoms with van der Waals surface area (Å²) in [6.07, 6.45) is 5.58. The molecule has 0 spiro atoms. The summed E-state index contributed by atoms with van der Waals surface area (Å²) in [6, 6.07) is 47.6.